The molecule has 0 aliphatic heterocycles. The van der Waals surface area contributed by atoms with Gasteiger partial charge in [-0.05, 0) is 17.7 Å². The van der Waals surface area contributed by atoms with Crippen molar-refractivity contribution in [1.82, 2.24) is 0 Å². The summed E-state index contributed by atoms with van der Waals surface area (Å²) in [5, 5.41) is 8.49. The van der Waals surface area contributed by atoms with Crippen molar-refractivity contribution in [2.24, 2.45) is 0 Å². The largest absolute Gasteiger partial charge is 0.772 e. The maximum absolute atomic E-state index is 13.0. The van der Waals surface area contributed by atoms with E-state index < -0.39 is 28.6 Å². The Balaban J connectivity index is 3.01. The molecule has 76 valence electrons. The Morgan fingerprint density at radius 3 is 2.64 bits per heavy atom. The number of hydrogen-bond donors (Lipinski definition) is 1. The Bertz CT molecular complexity index is 391. The smallest absolute Gasteiger partial charge is 0.335 e. The third-order valence-corrected chi connectivity index (χ3v) is 2.12. The van der Waals surface area contributed by atoms with E-state index >= 15 is 0 Å². The molecule has 14 heavy (non-hydrogen) atoms. The zero-order valence-corrected chi connectivity index (χ0v) is 7.71. The van der Waals surface area contributed by atoms with Crippen LogP contribution in [0.3, 0.4) is 0 Å². The second-order valence-corrected chi connectivity index (χ2v) is 3.46. The van der Waals surface area contributed by atoms with E-state index in [1.807, 2.05) is 0 Å². The maximum atomic E-state index is 13.0. The fraction of sp³-hybridized carbons (Fsp3) is 0.125. The van der Waals surface area contributed by atoms with Crippen LogP contribution in [0.15, 0.2) is 18.2 Å². The van der Waals surface area contributed by atoms with Crippen molar-refractivity contribution >= 4 is 17.0 Å². The first-order valence-corrected chi connectivity index (χ1v) is 4.82. The van der Waals surface area contributed by atoms with Crippen molar-refractivity contribution < 1.29 is 23.1 Å². The SMILES string of the molecule is O=C(O)c1ccc(CS(=O)[O-])c(F)c1. The van der Waals surface area contributed by atoms with E-state index in [4.69, 9.17) is 5.11 Å². The van der Waals surface area contributed by atoms with Crippen LogP contribution in [0, 0.1) is 5.82 Å². The molecule has 0 aliphatic carbocycles. The molecule has 1 atom stereocenters. The van der Waals surface area contributed by atoms with Crippen LogP contribution >= 0.6 is 0 Å². The molecule has 0 aliphatic rings. The predicted octanol–water partition coefficient (Wildman–Crippen LogP) is 0.903. The van der Waals surface area contributed by atoms with Crippen molar-refractivity contribution in [3.05, 3.63) is 35.1 Å². The summed E-state index contributed by atoms with van der Waals surface area (Å²) < 4.78 is 33.5. The zero-order chi connectivity index (χ0) is 10.7. The molecule has 0 aromatic heterocycles. The van der Waals surface area contributed by atoms with Crippen molar-refractivity contribution in [3.63, 3.8) is 0 Å². The Kier molecular flexibility index (Phi) is 3.32. The van der Waals surface area contributed by atoms with Crippen LogP contribution in [-0.4, -0.2) is 19.8 Å². The van der Waals surface area contributed by atoms with Gasteiger partial charge >= 0.3 is 5.97 Å². The second-order valence-electron chi connectivity index (χ2n) is 2.56. The monoisotopic (exact) mass is 217 g/mol. The van der Waals surface area contributed by atoms with E-state index in [9.17, 15) is 17.9 Å². The molecule has 0 radical (unpaired) electrons. The topological polar surface area (TPSA) is 77.4 Å². The third-order valence-electron chi connectivity index (χ3n) is 1.57. The minimum Gasteiger partial charge on any atom is -0.772 e. The summed E-state index contributed by atoms with van der Waals surface area (Å²) in [4.78, 5) is 10.4. The average Bonchev–Trinajstić information content (AvgIpc) is 2.07. The highest BCUT2D eigenvalue weighted by Gasteiger charge is 2.07. The molecular formula is C8H6FO4S-. The Labute approximate surface area is 81.7 Å². The highest BCUT2D eigenvalue weighted by Crippen LogP contribution is 2.12. The van der Waals surface area contributed by atoms with Crippen molar-refractivity contribution in [1.29, 1.82) is 0 Å². The van der Waals surface area contributed by atoms with Gasteiger partial charge in [0.1, 0.15) is 5.82 Å². The van der Waals surface area contributed by atoms with Crippen molar-refractivity contribution in [2.75, 3.05) is 0 Å². The molecule has 0 heterocycles. The lowest BCUT2D eigenvalue weighted by molar-refractivity contribution is 0.0696. The van der Waals surface area contributed by atoms with Gasteiger partial charge in [-0.2, -0.15) is 0 Å². The standard InChI is InChI=1S/C8H7FO4S/c9-7-3-5(8(10)11)1-2-6(7)4-14(12)13/h1-3H,4H2,(H,10,11)(H,12,13)/p-1. The lowest BCUT2D eigenvalue weighted by Gasteiger charge is -2.06. The lowest BCUT2D eigenvalue weighted by atomic mass is 10.1. The van der Waals surface area contributed by atoms with Gasteiger partial charge in [0.2, 0.25) is 0 Å². The molecular weight excluding hydrogens is 211 g/mol. The van der Waals surface area contributed by atoms with E-state index in [0.717, 1.165) is 18.2 Å². The maximum Gasteiger partial charge on any atom is 0.335 e. The van der Waals surface area contributed by atoms with Crippen molar-refractivity contribution in [3.8, 4) is 0 Å². The molecule has 1 aromatic carbocycles. The molecule has 1 rings (SSSR count). The summed E-state index contributed by atoms with van der Waals surface area (Å²) in [6.07, 6.45) is 0. The first-order chi connectivity index (χ1) is 6.50. The van der Waals surface area contributed by atoms with Crippen LogP contribution in [0.25, 0.3) is 0 Å². The Morgan fingerprint density at radius 1 is 1.57 bits per heavy atom. The summed E-state index contributed by atoms with van der Waals surface area (Å²) >= 11 is -2.38. The average molecular weight is 217 g/mol. The molecule has 0 fully saturated rings. The summed E-state index contributed by atoms with van der Waals surface area (Å²) in [7, 11) is 0. The summed E-state index contributed by atoms with van der Waals surface area (Å²) in [5.74, 6) is -2.53. The number of aromatic carboxylic acids is 1. The van der Waals surface area contributed by atoms with Gasteiger partial charge in [0.25, 0.3) is 0 Å². The highest BCUT2D eigenvalue weighted by atomic mass is 32.2. The van der Waals surface area contributed by atoms with E-state index in [1.54, 1.807) is 0 Å². The van der Waals surface area contributed by atoms with E-state index in [0.29, 0.717) is 0 Å². The first-order valence-electron chi connectivity index (χ1n) is 3.58. The van der Waals surface area contributed by atoms with Crippen LogP contribution < -0.4 is 0 Å². The van der Waals surface area contributed by atoms with Gasteiger partial charge in [0.15, 0.2) is 0 Å². The van der Waals surface area contributed by atoms with Crippen LogP contribution in [0.4, 0.5) is 4.39 Å². The number of halogens is 1. The van der Waals surface area contributed by atoms with E-state index in [-0.39, 0.29) is 11.1 Å². The second kappa shape index (κ2) is 4.30. The van der Waals surface area contributed by atoms with Gasteiger partial charge in [0.05, 0.1) is 5.56 Å². The van der Waals surface area contributed by atoms with Gasteiger partial charge in [0, 0.05) is 5.75 Å². The van der Waals surface area contributed by atoms with Crippen LogP contribution in [0.2, 0.25) is 0 Å². The Morgan fingerprint density at radius 2 is 2.21 bits per heavy atom. The zero-order valence-electron chi connectivity index (χ0n) is 6.90. The summed E-state index contributed by atoms with van der Waals surface area (Å²) in [5.41, 5.74) is -0.244. The third kappa shape index (κ3) is 2.61. The van der Waals surface area contributed by atoms with Crippen LogP contribution in [-0.2, 0) is 16.8 Å². The van der Waals surface area contributed by atoms with E-state index in [2.05, 4.69) is 0 Å². The molecule has 0 amide bonds. The molecule has 4 nitrogen and oxygen atoms in total. The fourth-order valence-electron chi connectivity index (χ4n) is 0.924. The fourth-order valence-corrected chi connectivity index (χ4v) is 1.41. The molecule has 1 aromatic rings. The number of hydrogen-bond acceptors (Lipinski definition) is 3. The molecule has 0 saturated carbocycles. The van der Waals surface area contributed by atoms with Crippen LogP contribution in [0.1, 0.15) is 15.9 Å². The molecule has 0 bridgehead atoms. The van der Waals surface area contributed by atoms with Crippen molar-refractivity contribution in [2.45, 2.75) is 5.75 Å². The molecule has 1 N–H and O–H groups in total. The minimum atomic E-state index is -2.38. The minimum absolute atomic E-state index is 0.0386. The molecule has 0 saturated heterocycles. The number of carboxylic acids is 1. The van der Waals surface area contributed by atoms with Gasteiger partial charge < -0.3 is 9.66 Å². The molecule has 1 unspecified atom stereocenters. The molecule has 0 spiro atoms. The van der Waals surface area contributed by atoms with E-state index in [1.165, 1.54) is 0 Å². The normalized spacial score (nSPS) is 12.4. The molecule has 6 heteroatoms. The number of carboxylic acid groups (broad SMARTS) is 1. The van der Waals surface area contributed by atoms with Gasteiger partial charge in [-0.25, -0.2) is 9.18 Å². The number of rotatable bonds is 3. The Hall–Kier alpha value is -1.27. The highest BCUT2D eigenvalue weighted by molar-refractivity contribution is 7.78. The quantitative estimate of drug-likeness (QED) is 0.763. The lowest BCUT2D eigenvalue weighted by Crippen LogP contribution is -2.01. The summed E-state index contributed by atoms with van der Waals surface area (Å²) in [6.45, 7) is 0. The number of carbonyl (C=O) groups is 1. The van der Waals surface area contributed by atoms with Gasteiger partial charge in [-0.1, -0.05) is 17.1 Å². The van der Waals surface area contributed by atoms with Gasteiger partial charge in [-0.3, -0.25) is 4.21 Å². The first kappa shape index (κ1) is 10.8. The van der Waals surface area contributed by atoms with Gasteiger partial charge in [-0.15, -0.1) is 0 Å². The van der Waals surface area contributed by atoms with Crippen LogP contribution in [0.5, 0.6) is 0 Å². The summed E-state index contributed by atoms with van der Waals surface area (Å²) in [6, 6.07) is 3.10. The number of benzene rings is 1. The predicted molar refractivity (Wildman–Crippen MR) is 46.0 cm³/mol.